The number of imidazole rings is 1. The van der Waals surface area contributed by atoms with Crippen LogP contribution in [0.15, 0.2) is 53.7 Å². The van der Waals surface area contributed by atoms with Crippen molar-refractivity contribution >= 4 is 5.97 Å². The Morgan fingerprint density at radius 2 is 1.97 bits per heavy atom. The van der Waals surface area contributed by atoms with E-state index in [1.54, 1.807) is 21.5 Å². The second kappa shape index (κ2) is 9.88. The number of aryl methyl sites for hydroxylation is 1. The third-order valence-electron chi connectivity index (χ3n) is 7.18. The predicted molar refractivity (Wildman–Crippen MR) is 133 cm³/mol. The maximum absolute atomic E-state index is 13.6. The number of nitrogens with zero attached hydrogens (tertiary/aromatic N) is 6. The summed E-state index contributed by atoms with van der Waals surface area (Å²) in [6.45, 7) is 4.49. The van der Waals surface area contributed by atoms with Gasteiger partial charge in [-0.2, -0.15) is 0 Å². The maximum atomic E-state index is 13.6. The van der Waals surface area contributed by atoms with Crippen molar-refractivity contribution < 1.29 is 9.90 Å². The number of aliphatic carboxylic acids is 1. The predicted octanol–water partition coefficient (Wildman–Crippen LogP) is 3.56. The van der Waals surface area contributed by atoms with Crippen LogP contribution < -0.4 is 5.69 Å². The molecule has 0 spiro atoms. The topological polar surface area (TPSA) is 132 Å². The van der Waals surface area contributed by atoms with E-state index in [1.165, 1.54) is 0 Å². The van der Waals surface area contributed by atoms with Gasteiger partial charge in [-0.1, -0.05) is 44.5 Å². The maximum Gasteiger partial charge on any atom is 0.328 e. The molecule has 2 N–H and O–H groups in total. The number of carboxylic acids is 1. The van der Waals surface area contributed by atoms with Gasteiger partial charge in [0.1, 0.15) is 0 Å². The molecular formula is C26H29N7O3. The van der Waals surface area contributed by atoms with Crippen LogP contribution in [0.2, 0.25) is 0 Å². The van der Waals surface area contributed by atoms with E-state index in [-0.39, 0.29) is 17.6 Å². The molecule has 0 amide bonds. The smallest absolute Gasteiger partial charge is 0.328 e. The Bertz CT molecular complexity index is 1410. The Morgan fingerprint density at radius 3 is 2.64 bits per heavy atom. The van der Waals surface area contributed by atoms with Crippen molar-refractivity contribution in [3.05, 3.63) is 70.7 Å². The molecule has 0 saturated heterocycles. The van der Waals surface area contributed by atoms with Gasteiger partial charge in [-0.05, 0) is 58.4 Å². The molecule has 1 aliphatic rings. The lowest BCUT2D eigenvalue weighted by Gasteiger charge is -2.40. The number of unbranched alkanes of at least 4 members (excludes halogenated alkanes) is 1. The summed E-state index contributed by atoms with van der Waals surface area (Å²) in [6, 6.07) is 9.51. The molecule has 4 aromatic rings. The fourth-order valence-corrected chi connectivity index (χ4v) is 5.18. The summed E-state index contributed by atoms with van der Waals surface area (Å²) in [5.41, 5.74) is 4.52. The van der Waals surface area contributed by atoms with Gasteiger partial charge in [-0.3, -0.25) is 18.9 Å². The summed E-state index contributed by atoms with van der Waals surface area (Å²) in [4.78, 5) is 29.7. The second-order valence-electron chi connectivity index (χ2n) is 9.51. The number of carbonyl (C=O) groups is 1. The Kier molecular flexibility index (Phi) is 6.49. The van der Waals surface area contributed by atoms with E-state index in [1.807, 2.05) is 43.5 Å². The van der Waals surface area contributed by atoms with Crippen molar-refractivity contribution in [3.63, 3.8) is 0 Å². The normalized spacial score (nSPS) is 19.2. The molecule has 0 bridgehead atoms. The van der Waals surface area contributed by atoms with Crippen molar-refractivity contribution in [3.8, 4) is 22.5 Å². The van der Waals surface area contributed by atoms with E-state index in [4.69, 9.17) is 0 Å². The lowest BCUT2D eigenvalue weighted by Crippen LogP contribution is -2.45. The molecule has 0 aliphatic heterocycles. The Balaban J connectivity index is 1.50. The Hall–Kier alpha value is -4.08. The number of aromatic nitrogens is 7. The van der Waals surface area contributed by atoms with E-state index in [0.29, 0.717) is 18.8 Å². The number of carboxylic acid groups (broad SMARTS) is 1. The highest BCUT2D eigenvalue weighted by atomic mass is 16.4. The van der Waals surface area contributed by atoms with Crippen LogP contribution in [0.25, 0.3) is 22.5 Å². The second-order valence-corrected chi connectivity index (χ2v) is 9.51. The molecule has 1 saturated carbocycles. The molecule has 10 nitrogen and oxygen atoms in total. The zero-order valence-electron chi connectivity index (χ0n) is 20.3. The first-order valence-corrected chi connectivity index (χ1v) is 12.3. The molecule has 10 heteroatoms. The van der Waals surface area contributed by atoms with Crippen molar-refractivity contribution in [2.24, 2.45) is 11.8 Å². The van der Waals surface area contributed by atoms with Gasteiger partial charge in [0.2, 0.25) is 0 Å². The average molecular weight is 488 g/mol. The largest absolute Gasteiger partial charge is 0.481 e. The zero-order chi connectivity index (χ0) is 25.2. The first-order valence-electron chi connectivity index (χ1n) is 12.3. The molecule has 3 atom stereocenters. The molecular weight excluding hydrogens is 458 g/mol. The lowest BCUT2D eigenvalue weighted by atomic mass is 9.70. The number of H-pyrrole nitrogens is 1. The number of benzene rings is 1. The summed E-state index contributed by atoms with van der Waals surface area (Å²) >= 11 is 0. The van der Waals surface area contributed by atoms with Crippen molar-refractivity contribution in [2.75, 3.05) is 0 Å². The quantitative estimate of drug-likeness (QED) is 0.369. The minimum absolute atomic E-state index is 0.144. The summed E-state index contributed by atoms with van der Waals surface area (Å²) < 4.78 is 3.45. The van der Waals surface area contributed by atoms with Gasteiger partial charge in [0.25, 0.3) is 0 Å². The van der Waals surface area contributed by atoms with E-state index in [2.05, 4.69) is 32.5 Å². The highest BCUT2D eigenvalue weighted by molar-refractivity contribution is 5.72. The van der Waals surface area contributed by atoms with Gasteiger partial charge >= 0.3 is 11.7 Å². The Morgan fingerprint density at radius 1 is 1.19 bits per heavy atom. The number of pyridine rings is 1. The minimum Gasteiger partial charge on any atom is -0.481 e. The molecule has 36 heavy (non-hydrogen) atoms. The highest BCUT2D eigenvalue weighted by Gasteiger charge is 2.45. The molecule has 0 radical (unpaired) electrons. The van der Waals surface area contributed by atoms with Gasteiger partial charge in [0.05, 0.1) is 18.5 Å². The number of hydrogen-bond acceptors (Lipinski definition) is 6. The average Bonchev–Trinajstić information content (AvgIpc) is 3.51. The van der Waals surface area contributed by atoms with Crippen LogP contribution in [0.5, 0.6) is 0 Å². The first-order chi connectivity index (χ1) is 17.5. The third-order valence-corrected chi connectivity index (χ3v) is 7.18. The molecule has 3 aromatic heterocycles. The standard InChI is InChI=1S/C26H29N7O3/c1-3-4-5-20-15-33(23-16(2)12-22(23)25(34)35)26(36)32(20)14-19-13-27-11-10-21(19)17-6-8-18(9-7-17)24-28-30-31-29-24/h6-11,13,15-16,22-23H,3-5,12,14H2,1-2H3,(H,34,35)(H,28,29,30,31). The van der Waals surface area contributed by atoms with Gasteiger partial charge in [0, 0.05) is 29.8 Å². The third kappa shape index (κ3) is 4.34. The summed E-state index contributed by atoms with van der Waals surface area (Å²) in [5, 5.41) is 23.6. The fourth-order valence-electron chi connectivity index (χ4n) is 5.18. The first kappa shape index (κ1) is 23.7. The SMILES string of the molecule is CCCCc1cn(C2C(C)CC2C(=O)O)c(=O)n1Cc1cnccc1-c1ccc(-c2nnn[nH]2)cc1. The Labute approximate surface area is 208 Å². The number of tetrazole rings is 1. The molecule has 1 aromatic carbocycles. The summed E-state index contributed by atoms with van der Waals surface area (Å²) in [6.07, 6.45) is 8.72. The van der Waals surface area contributed by atoms with Gasteiger partial charge in [0.15, 0.2) is 5.82 Å². The summed E-state index contributed by atoms with van der Waals surface area (Å²) in [7, 11) is 0. The molecule has 5 rings (SSSR count). The molecule has 1 aliphatic carbocycles. The van der Waals surface area contributed by atoms with Gasteiger partial charge < -0.3 is 5.11 Å². The molecule has 3 unspecified atom stereocenters. The molecule has 3 heterocycles. The highest BCUT2D eigenvalue weighted by Crippen LogP contribution is 2.43. The van der Waals surface area contributed by atoms with Gasteiger partial charge in [-0.25, -0.2) is 9.89 Å². The lowest BCUT2D eigenvalue weighted by molar-refractivity contribution is -0.149. The number of nitrogens with one attached hydrogen (secondary N) is 1. The van der Waals surface area contributed by atoms with E-state index < -0.39 is 11.9 Å². The molecule has 1 fully saturated rings. The van der Waals surface area contributed by atoms with Crippen LogP contribution >= 0.6 is 0 Å². The molecule has 186 valence electrons. The van der Waals surface area contributed by atoms with Crippen LogP contribution in [0, 0.1) is 11.8 Å². The van der Waals surface area contributed by atoms with Crippen molar-refractivity contribution in [1.82, 2.24) is 34.7 Å². The van der Waals surface area contributed by atoms with Crippen LogP contribution in [0.1, 0.15) is 50.4 Å². The van der Waals surface area contributed by atoms with Crippen LogP contribution in [-0.4, -0.2) is 45.8 Å². The van der Waals surface area contributed by atoms with E-state index in [9.17, 15) is 14.7 Å². The van der Waals surface area contributed by atoms with Crippen LogP contribution in [-0.2, 0) is 17.8 Å². The van der Waals surface area contributed by atoms with Crippen molar-refractivity contribution in [1.29, 1.82) is 0 Å². The number of hydrogen-bond donors (Lipinski definition) is 2. The monoisotopic (exact) mass is 487 g/mol. The van der Waals surface area contributed by atoms with Crippen LogP contribution in [0.3, 0.4) is 0 Å². The minimum atomic E-state index is -0.841. The van der Waals surface area contributed by atoms with Crippen LogP contribution in [0.4, 0.5) is 0 Å². The van der Waals surface area contributed by atoms with Crippen molar-refractivity contribution in [2.45, 2.75) is 52.1 Å². The van der Waals surface area contributed by atoms with Gasteiger partial charge in [-0.15, -0.1) is 5.10 Å². The zero-order valence-corrected chi connectivity index (χ0v) is 20.3. The number of rotatable bonds is 9. The fraction of sp³-hybridized carbons (Fsp3) is 0.385. The summed E-state index contributed by atoms with van der Waals surface area (Å²) in [5.74, 6) is -0.632. The number of aromatic amines is 1. The van der Waals surface area contributed by atoms with E-state index >= 15 is 0 Å². The van der Waals surface area contributed by atoms with E-state index in [0.717, 1.165) is 47.2 Å².